The second kappa shape index (κ2) is 6.20. The number of nitrogens with one attached hydrogen (secondary N) is 1. The van der Waals surface area contributed by atoms with E-state index in [4.69, 9.17) is 0 Å². The number of piperazine rings is 1. The zero-order chi connectivity index (χ0) is 17.4. The topological polar surface area (TPSA) is 65.1 Å². The molecule has 6 nitrogen and oxygen atoms in total. The number of anilines is 2. The highest BCUT2D eigenvalue weighted by molar-refractivity contribution is 5.90. The lowest BCUT2D eigenvalue weighted by molar-refractivity contribution is 0.648. The molecule has 128 valence electrons. The standard InChI is InChI=1S/C19H21N5O/c1-13-9-16-17(10-14(13)2)21-12-22-19(16)24-7-5-23(6-8-24)15-3-4-18(25)20-11-15/h3-4,9-12H,5-8H2,1-2H3,(H,20,25). The molecule has 0 bridgehead atoms. The number of H-pyrrole nitrogens is 1. The van der Waals surface area contributed by atoms with Crippen LogP contribution in [0.2, 0.25) is 0 Å². The van der Waals surface area contributed by atoms with Crippen LogP contribution in [0.15, 0.2) is 41.6 Å². The number of rotatable bonds is 2. The summed E-state index contributed by atoms with van der Waals surface area (Å²) in [5.74, 6) is 1.01. The molecular formula is C19H21N5O. The van der Waals surface area contributed by atoms with E-state index in [2.05, 4.69) is 50.7 Å². The molecule has 6 heteroatoms. The Hall–Kier alpha value is -2.89. The lowest BCUT2D eigenvalue weighted by atomic mass is 10.1. The van der Waals surface area contributed by atoms with E-state index in [1.54, 1.807) is 18.6 Å². The smallest absolute Gasteiger partial charge is 0.248 e. The fraction of sp³-hybridized carbons (Fsp3) is 0.316. The maximum atomic E-state index is 11.2. The van der Waals surface area contributed by atoms with Crippen LogP contribution in [0.25, 0.3) is 10.9 Å². The molecule has 0 radical (unpaired) electrons. The Kier molecular flexibility index (Phi) is 3.87. The van der Waals surface area contributed by atoms with Crippen LogP contribution in [0.5, 0.6) is 0 Å². The van der Waals surface area contributed by atoms with Gasteiger partial charge in [-0.3, -0.25) is 4.79 Å². The summed E-state index contributed by atoms with van der Waals surface area (Å²) in [7, 11) is 0. The molecular weight excluding hydrogens is 314 g/mol. The lowest BCUT2D eigenvalue weighted by Gasteiger charge is -2.36. The average molecular weight is 335 g/mol. The quantitative estimate of drug-likeness (QED) is 0.778. The molecule has 0 spiro atoms. The van der Waals surface area contributed by atoms with Crippen molar-refractivity contribution in [2.75, 3.05) is 36.0 Å². The summed E-state index contributed by atoms with van der Waals surface area (Å²) in [6.07, 6.45) is 3.44. The van der Waals surface area contributed by atoms with Gasteiger partial charge in [-0.15, -0.1) is 0 Å². The van der Waals surface area contributed by atoms with Gasteiger partial charge < -0.3 is 14.8 Å². The summed E-state index contributed by atoms with van der Waals surface area (Å²) in [6, 6.07) is 7.77. The van der Waals surface area contributed by atoms with Crippen LogP contribution < -0.4 is 15.4 Å². The van der Waals surface area contributed by atoms with Crippen LogP contribution in [0.3, 0.4) is 0 Å². The van der Waals surface area contributed by atoms with E-state index < -0.39 is 0 Å². The third-order valence-corrected chi connectivity index (χ3v) is 4.94. The summed E-state index contributed by atoms with van der Waals surface area (Å²) >= 11 is 0. The molecule has 0 amide bonds. The first-order chi connectivity index (χ1) is 12.1. The van der Waals surface area contributed by atoms with Gasteiger partial charge in [-0.1, -0.05) is 0 Å². The Morgan fingerprint density at radius 1 is 0.960 bits per heavy atom. The van der Waals surface area contributed by atoms with Crippen molar-refractivity contribution in [1.82, 2.24) is 15.0 Å². The van der Waals surface area contributed by atoms with Gasteiger partial charge >= 0.3 is 0 Å². The number of aryl methyl sites for hydroxylation is 2. The van der Waals surface area contributed by atoms with Crippen LogP contribution in [0, 0.1) is 13.8 Å². The van der Waals surface area contributed by atoms with Gasteiger partial charge in [0.05, 0.1) is 11.2 Å². The van der Waals surface area contributed by atoms with Crippen molar-refractivity contribution in [1.29, 1.82) is 0 Å². The summed E-state index contributed by atoms with van der Waals surface area (Å²) in [4.78, 5) is 27.6. The van der Waals surface area contributed by atoms with Gasteiger partial charge in [-0.05, 0) is 43.2 Å². The molecule has 1 aliphatic rings. The zero-order valence-electron chi connectivity index (χ0n) is 14.5. The summed E-state index contributed by atoms with van der Waals surface area (Å²) in [5.41, 5.74) is 4.49. The van der Waals surface area contributed by atoms with E-state index in [1.165, 1.54) is 11.1 Å². The van der Waals surface area contributed by atoms with Crippen LogP contribution in [-0.4, -0.2) is 41.1 Å². The first kappa shape index (κ1) is 15.6. The Bertz CT molecular complexity index is 953. The molecule has 0 unspecified atom stereocenters. The molecule has 3 aromatic rings. The SMILES string of the molecule is Cc1cc2ncnc(N3CCN(c4ccc(=O)[nH]c4)CC3)c2cc1C. The van der Waals surface area contributed by atoms with Crippen molar-refractivity contribution in [2.45, 2.75) is 13.8 Å². The van der Waals surface area contributed by atoms with Gasteiger partial charge in [0.25, 0.3) is 0 Å². The summed E-state index contributed by atoms with van der Waals surface area (Å²) in [5, 5.41) is 1.11. The fourth-order valence-corrected chi connectivity index (χ4v) is 3.33. The molecule has 4 rings (SSSR count). The van der Waals surface area contributed by atoms with Crippen LogP contribution in [-0.2, 0) is 0 Å². The first-order valence-corrected chi connectivity index (χ1v) is 8.52. The van der Waals surface area contributed by atoms with E-state index in [0.29, 0.717) is 0 Å². The zero-order valence-corrected chi connectivity index (χ0v) is 14.5. The fourth-order valence-electron chi connectivity index (χ4n) is 3.33. The van der Waals surface area contributed by atoms with Crippen LogP contribution in [0.4, 0.5) is 11.5 Å². The monoisotopic (exact) mass is 335 g/mol. The molecule has 25 heavy (non-hydrogen) atoms. The highest BCUT2D eigenvalue weighted by atomic mass is 16.1. The Balaban J connectivity index is 1.58. The van der Waals surface area contributed by atoms with Crippen molar-refractivity contribution < 1.29 is 0 Å². The minimum absolute atomic E-state index is 0.0690. The van der Waals surface area contributed by atoms with Gasteiger partial charge in [-0.2, -0.15) is 0 Å². The molecule has 1 aliphatic heterocycles. The highest BCUT2D eigenvalue weighted by Gasteiger charge is 2.20. The Morgan fingerprint density at radius 3 is 2.40 bits per heavy atom. The second-order valence-electron chi connectivity index (χ2n) is 6.54. The predicted octanol–water partition coefficient (Wildman–Crippen LogP) is 2.26. The number of aromatic nitrogens is 3. The molecule has 1 aromatic carbocycles. The average Bonchev–Trinajstić information content (AvgIpc) is 2.63. The molecule has 1 fully saturated rings. The molecule has 1 N–H and O–H groups in total. The van der Waals surface area contributed by atoms with E-state index in [9.17, 15) is 4.79 Å². The molecule has 2 aromatic heterocycles. The Morgan fingerprint density at radius 2 is 1.68 bits per heavy atom. The van der Waals surface area contributed by atoms with Crippen molar-refractivity contribution in [3.8, 4) is 0 Å². The predicted molar refractivity (Wildman–Crippen MR) is 101 cm³/mol. The van der Waals surface area contributed by atoms with Crippen LogP contribution in [0.1, 0.15) is 11.1 Å². The van der Waals surface area contributed by atoms with Crippen molar-refractivity contribution in [3.05, 3.63) is 58.3 Å². The normalized spacial score (nSPS) is 15.0. The third-order valence-electron chi connectivity index (χ3n) is 4.94. The van der Waals surface area contributed by atoms with E-state index in [1.807, 2.05) is 6.07 Å². The maximum Gasteiger partial charge on any atom is 0.248 e. The molecule has 0 atom stereocenters. The largest absolute Gasteiger partial charge is 0.367 e. The molecule has 0 aliphatic carbocycles. The number of pyridine rings is 1. The van der Waals surface area contributed by atoms with Crippen LogP contribution >= 0.6 is 0 Å². The number of aromatic amines is 1. The second-order valence-corrected chi connectivity index (χ2v) is 6.54. The van der Waals surface area contributed by atoms with E-state index in [-0.39, 0.29) is 5.56 Å². The lowest BCUT2D eigenvalue weighted by Crippen LogP contribution is -2.47. The highest BCUT2D eigenvalue weighted by Crippen LogP contribution is 2.27. The summed E-state index contributed by atoms with van der Waals surface area (Å²) < 4.78 is 0. The van der Waals surface area contributed by atoms with Crippen molar-refractivity contribution in [2.24, 2.45) is 0 Å². The van der Waals surface area contributed by atoms with E-state index in [0.717, 1.165) is 48.6 Å². The number of hydrogen-bond donors (Lipinski definition) is 1. The number of hydrogen-bond acceptors (Lipinski definition) is 5. The van der Waals surface area contributed by atoms with Gasteiger partial charge in [0, 0.05) is 43.8 Å². The molecule has 3 heterocycles. The van der Waals surface area contributed by atoms with Gasteiger partial charge in [-0.25, -0.2) is 9.97 Å². The third kappa shape index (κ3) is 2.95. The first-order valence-electron chi connectivity index (χ1n) is 8.52. The minimum atomic E-state index is -0.0690. The molecule has 0 saturated carbocycles. The minimum Gasteiger partial charge on any atom is -0.367 e. The number of nitrogens with zero attached hydrogens (tertiary/aromatic N) is 4. The van der Waals surface area contributed by atoms with E-state index >= 15 is 0 Å². The van der Waals surface area contributed by atoms with Gasteiger partial charge in [0.1, 0.15) is 12.1 Å². The summed E-state index contributed by atoms with van der Waals surface area (Å²) in [6.45, 7) is 7.79. The number of fused-ring (bicyclic) bond motifs is 1. The van der Waals surface area contributed by atoms with Gasteiger partial charge in [0.2, 0.25) is 5.56 Å². The van der Waals surface area contributed by atoms with Crippen molar-refractivity contribution >= 4 is 22.4 Å². The molecule has 1 saturated heterocycles. The van der Waals surface area contributed by atoms with Crippen molar-refractivity contribution in [3.63, 3.8) is 0 Å². The Labute approximate surface area is 146 Å². The van der Waals surface area contributed by atoms with Gasteiger partial charge in [0.15, 0.2) is 0 Å². The maximum absolute atomic E-state index is 11.2. The number of benzene rings is 1.